The summed E-state index contributed by atoms with van der Waals surface area (Å²) in [6, 6.07) is 2.81. The number of rotatable bonds is 3. The summed E-state index contributed by atoms with van der Waals surface area (Å²) in [4.78, 5) is 15.8. The highest BCUT2D eigenvalue weighted by Gasteiger charge is 2.38. The molecule has 144 valence electrons. The van der Waals surface area contributed by atoms with Gasteiger partial charge in [-0.3, -0.25) is 4.68 Å². The predicted octanol–water partition coefficient (Wildman–Crippen LogP) is 1.70. The molecular weight excluding hydrogens is 351 g/mol. The molecule has 1 fully saturated rings. The number of aryl methyl sites for hydroxylation is 2. The van der Waals surface area contributed by atoms with E-state index < -0.39 is 12.1 Å². The zero-order valence-electron chi connectivity index (χ0n) is 14.8. The Bertz CT molecular complexity index is 775. The van der Waals surface area contributed by atoms with E-state index in [0.717, 1.165) is 29.8 Å². The molecule has 0 bridgehead atoms. The smallest absolute Gasteiger partial charge is 0.475 e. The van der Waals surface area contributed by atoms with Gasteiger partial charge in [-0.1, -0.05) is 0 Å². The van der Waals surface area contributed by atoms with Crippen molar-refractivity contribution in [2.24, 2.45) is 7.05 Å². The largest absolute Gasteiger partial charge is 0.490 e. The highest BCUT2D eigenvalue weighted by molar-refractivity contribution is 5.78. The van der Waals surface area contributed by atoms with E-state index in [9.17, 15) is 13.2 Å². The summed E-state index contributed by atoms with van der Waals surface area (Å²) in [6.07, 6.45) is -1.90. The number of carbonyl (C=O) groups is 1. The number of aromatic nitrogens is 3. The van der Waals surface area contributed by atoms with Crippen molar-refractivity contribution in [3.8, 4) is 0 Å². The first-order chi connectivity index (χ1) is 12.1. The number of carboxylic acids is 1. The first-order valence-electron chi connectivity index (χ1n) is 8.08. The van der Waals surface area contributed by atoms with Crippen LogP contribution in [-0.2, 0) is 18.4 Å². The summed E-state index contributed by atoms with van der Waals surface area (Å²) in [7, 11) is 4.11. The fraction of sp³-hybridized carbons (Fsp3) is 0.562. The molecule has 3 heterocycles. The fourth-order valence-corrected chi connectivity index (χ4v) is 2.81. The molecule has 0 unspecified atom stereocenters. The minimum Gasteiger partial charge on any atom is -0.475 e. The normalized spacial score (nSPS) is 18.0. The van der Waals surface area contributed by atoms with Gasteiger partial charge in [0.15, 0.2) is 5.65 Å². The van der Waals surface area contributed by atoms with E-state index in [1.165, 1.54) is 18.5 Å². The van der Waals surface area contributed by atoms with Crippen LogP contribution in [0.1, 0.15) is 17.7 Å². The quantitative estimate of drug-likeness (QED) is 0.852. The Kier molecular flexibility index (Phi) is 6.19. The van der Waals surface area contributed by atoms with E-state index >= 15 is 0 Å². The maximum absolute atomic E-state index is 10.6. The number of halogens is 3. The van der Waals surface area contributed by atoms with Gasteiger partial charge in [0.25, 0.3) is 0 Å². The highest BCUT2D eigenvalue weighted by atomic mass is 19.4. The number of hydrogen-bond acceptors (Lipinski definition) is 5. The summed E-state index contributed by atoms with van der Waals surface area (Å²) >= 11 is 0. The number of aliphatic carboxylic acids is 1. The lowest BCUT2D eigenvalue weighted by Gasteiger charge is -2.12. The number of carboxylic acid groups (broad SMARTS) is 1. The van der Waals surface area contributed by atoms with Gasteiger partial charge in [0.1, 0.15) is 0 Å². The second-order valence-corrected chi connectivity index (χ2v) is 6.36. The maximum Gasteiger partial charge on any atom is 0.490 e. The maximum atomic E-state index is 10.6. The van der Waals surface area contributed by atoms with Gasteiger partial charge in [0, 0.05) is 37.8 Å². The Hall–Kier alpha value is -2.20. The fourth-order valence-electron chi connectivity index (χ4n) is 2.81. The molecular formula is C16H22F3N5O2. The monoisotopic (exact) mass is 373 g/mol. The van der Waals surface area contributed by atoms with E-state index in [0.29, 0.717) is 6.04 Å². The van der Waals surface area contributed by atoms with Crippen molar-refractivity contribution in [1.82, 2.24) is 25.0 Å². The molecule has 0 spiro atoms. The Labute approximate surface area is 148 Å². The molecule has 0 radical (unpaired) electrons. The van der Waals surface area contributed by atoms with Crippen LogP contribution in [-0.4, -0.2) is 63.1 Å². The first-order valence-corrected chi connectivity index (χ1v) is 8.08. The molecule has 1 aliphatic heterocycles. The Morgan fingerprint density at radius 1 is 1.42 bits per heavy atom. The van der Waals surface area contributed by atoms with Crippen LogP contribution in [0.2, 0.25) is 0 Å². The van der Waals surface area contributed by atoms with Gasteiger partial charge in [-0.15, -0.1) is 0 Å². The SMILES string of the molecule is Cc1nn(C)c2ncc(CN[C@@H]3CCN(C)C3)cc12.O=C(O)C(F)(F)F. The van der Waals surface area contributed by atoms with Gasteiger partial charge in [-0.25, -0.2) is 9.78 Å². The van der Waals surface area contributed by atoms with Crippen molar-refractivity contribution < 1.29 is 23.1 Å². The molecule has 0 amide bonds. The number of likely N-dealkylation sites (tertiary alicyclic amines) is 1. The standard InChI is InChI=1S/C14H21N5.C2HF3O2/c1-10-13-6-11(8-16-14(13)19(3)17-10)7-15-12-4-5-18(2)9-12;3-2(4,5)1(6)7/h6,8,12,15H,4-5,7,9H2,1-3H3;(H,6,7)/t12-;/m1./s1. The number of likely N-dealkylation sites (N-methyl/N-ethyl adjacent to an activating group) is 1. The summed E-state index contributed by atoms with van der Waals surface area (Å²) in [5.41, 5.74) is 3.24. The van der Waals surface area contributed by atoms with Crippen molar-refractivity contribution in [2.75, 3.05) is 20.1 Å². The molecule has 0 saturated carbocycles. The third kappa shape index (κ3) is 5.15. The van der Waals surface area contributed by atoms with Gasteiger partial charge in [-0.2, -0.15) is 18.3 Å². The van der Waals surface area contributed by atoms with Gasteiger partial charge in [0.2, 0.25) is 0 Å². The molecule has 0 aromatic carbocycles. The Balaban J connectivity index is 0.000000298. The zero-order chi connectivity index (χ0) is 19.5. The molecule has 7 nitrogen and oxygen atoms in total. The van der Waals surface area contributed by atoms with Crippen LogP contribution in [0.25, 0.3) is 11.0 Å². The molecule has 26 heavy (non-hydrogen) atoms. The third-order valence-corrected chi connectivity index (χ3v) is 4.15. The van der Waals surface area contributed by atoms with Crippen LogP contribution >= 0.6 is 0 Å². The van der Waals surface area contributed by atoms with Crippen molar-refractivity contribution in [2.45, 2.75) is 32.1 Å². The minimum absolute atomic E-state index is 0.607. The number of fused-ring (bicyclic) bond motifs is 1. The topological polar surface area (TPSA) is 83.3 Å². The first kappa shape index (κ1) is 20.1. The van der Waals surface area contributed by atoms with Crippen LogP contribution in [0, 0.1) is 6.92 Å². The second-order valence-electron chi connectivity index (χ2n) is 6.36. The van der Waals surface area contributed by atoms with Gasteiger partial charge < -0.3 is 15.3 Å². The molecule has 2 N–H and O–H groups in total. The average Bonchev–Trinajstić information content (AvgIpc) is 3.09. The number of hydrogen-bond donors (Lipinski definition) is 2. The number of nitrogens with zero attached hydrogens (tertiary/aromatic N) is 4. The van der Waals surface area contributed by atoms with Crippen molar-refractivity contribution >= 4 is 17.0 Å². The van der Waals surface area contributed by atoms with Crippen LogP contribution in [0.5, 0.6) is 0 Å². The molecule has 3 rings (SSSR count). The van der Waals surface area contributed by atoms with E-state index in [2.05, 4.69) is 33.4 Å². The lowest BCUT2D eigenvalue weighted by atomic mass is 10.2. The predicted molar refractivity (Wildman–Crippen MR) is 89.7 cm³/mol. The number of nitrogens with one attached hydrogen (secondary N) is 1. The van der Waals surface area contributed by atoms with E-state index in [1.54, 1.807) is 0 Å². The molecule has 1 atom stereocenters. The van der Waals surface area contributed by atoms with E-state index in [1.807, 2.05) is 24.9 Å². The molecule has 2 aromatic heterocycles. The van der Waals surface area contributed by atoms with E-state index in [4.69, 9.17) is 9.90 Å². The number of alkyl halides is 3. The lowest BCUT2D eigenvalue weighted by molar-refractivity contribution is -0.192. The Morgan fingerprint density at radius 3 is 2.62 bits per heavy atom. The van der Waals surface area contributed by atoms with Crippen LogP contribution in [0.3, 0.4) is 0 Å². The molecule has 0 aliphatic carbocycles. The minimum atomic E-state index is -5.08. The molecule has 1 saturated heterocycles. The summed E-state index contributed by atoms with van der Waals surface area (Å²) in [5.74, 6) is -2.76. The van der Waals surface area contributed by atoms with E-state index in [-0.39, 0.29) is 0 Å². The van der Waals surface area contributed by atoms with Gasteiger partial charge in [-0.05, 0) is 38.6 Å². The summed E-state index contributed by atoms with van der Waals surface area (Å²) in [6.45, 7) is 5.25. The summed E-state index contributed by atoms with van der Waals surface area (Å²) < 4.78 is 33.6. The van der Waals surface area contributed by atoms with Crippen molar-refractivity contribution in [1.29, 1.82) is 0 Å². The molecule has 10 heteroatoms. The number of pyridine rings is 1. The van der Waals surface area contributed by atoms with Crippen LogP contribution in [0.4, 0.5) is 13.2 Å². The molecule has 2 aromatic rings. The van der Waals surface area contributed by atoms with Crippen LogP contribution in [0.15, 0.2) is 12.3 Å². The average molecular weight is 373 g/mol. The molecule has 1 aliphatic rings. The lowest BCUT2D eigenvalue weighted by Crippen LogP contribution is -2.30. The van der Waals surface area contributed by atoms with Gasteiger partial charge >= 0.3 is 12.1 Å². The van der Waals surface area contributed by atoms with Gasteiger partial charge in [0.05, 0.1) is 5.69 Å². The van der Waals surface area contributed by atoms with Crippen LogP contribution < -0.4 is 5.32 Å². The highest BCUT2D eigenvalue weighted by Crippen LogP contribution is 2.17. The van der Waals surface area contributed by atoms with Crippen molar-refractivity contribution in [3.05, 3.63) is 23.5 Å². The summed E-state index contributed by atoms with van der Waals surface area (Å²) in [5, 5.41) is 16.3. The zero-order valence-corrected chi connectivity index (χ0v) is 14.8. The third-order valence-electron chi connectivity index (χ3n) is 4.15. The Morgan fingerprint density at radius 2 is 2.08 bits per heavy atom. The second kappa shape index (κ2) is 8.00. The van der Waals surface area contributed by atoms with Crippen molar-refractivity contribution in [3.63, 3.8) is 0 Å².